The van der Waals surface area contributed by atoms with Crippen molar-refractivity contribution in [1.82, 2.24) is 15.3 Å². The Bertz CT molecular complexity index is 975. The van der Waals surface area contributed by atoms with E-state index in [9.17, 15) is 9.59 Å². The number of carbonyl (C=O) groups excluding carboxylic acids is 1. The Morgan fingerprint density at radius 3 is 2.50 bits per heavy atom. The number of amides is 1. The molecule has 1 heterocycles. The molecular weight excluding hydrogens is 334 g/mol. The summed E-state index contributed by atoms with van der Waals surface area (Å²) in [5, 5.41) is 3.35. The predicted molar refractivity (Wildman–Crippen MR) is 97.9 cm³/mol. The van der Waals surface area contributed by atoms with Gasteiger partial charge in [-0.1, -0.05) is 12.1 Å². The molecule has 0 radical (unpaired) electrons. The molecule has 0 fully saturated rings. The number of nitrogens with zero attached hydrogens (tertiary/aromatic N) is 1. The molecule has 0 saturated heterocycles. The first-order chi connectivity index (χ1) is 12.6. The molecule has 134 valence electrons. The molecule has 1 amide bonds. The van der Waals surface area contributed by atoms with Crippen LogP contribution in [0.4, 0.5) is 0 Å². The fourth-order valence-electron chi connectivity index (χ4n) is 2.59. The predicted octanol–water partition coefficient (Wildman–Crippen LogP) is 1.91. The van der Waals surface area contributed by atoms with Gasteiger partial charge in [0, 0.05) is 24.6 Å². The average Bonchev–Trinajstić information content (AvgIpc) is 2.67. The Hall–Kier alpha value is -3.35. The van der Waals surface area contributed by atoms with E-state index in [2.05, 4.69) is 15.3 Å². The summed E-state index contributed by atoms with van der Waals surface area (Å²) in [4.78, 5) is 31.5. The minimum atomic E-state index is -0.259. The summed E-state index contributed by atoms with van der Waals surface area (Å²) in [6.07, 6.45) is 0.410. The maximum Gasteiger partial charge on any atom is 0.258 e. The van der Waals surface area contributed by atoms with Gasteiger partial charge in [-0.05, 0) is 24.3 Å². The molecule has 0 saturated carbocycles. The van der Waals surface area contributed by atoms with E-state index in [-0.39, 0.29) is 11.5 Å². The summed E-state index contributed by atoms with van der Waals surface area (Å²) in [6, 6.07) is 12.1. The third kappa shape index (κ3) is 3.83. The van der Waals surface area contributed by atoms with Crippen LogP contribution in [0.25, 0.3) is 10.9 Å². The normalized spacial score (nSPS) is 10.5. The van der Waals surface area contributed by atoms with E-state index in [4.69, 9.17) is 9.47 Å². The van der Waals surface area contributed by atoms with Crippen molar-refractivity contribution in [3.63, 3.8) is 0 Å². The molecule has 0 aliphatic carbocycles. The molecule has 26 heavy (non-hydrogen) atoms. The first-order valence-electron chi connectivity index (χ1n) is 8.10. The van der Waals surface area contributed by atoms with Crippen molar-refractivity contribution in [1.29, 1.82) is 0 Å². The Morgan fingerprint density at radius 1 is 1.12 bits per heavy atom. The lowest BCUT2D eigenvalue weighted by molar-refractivity contribution is 0.0953. The molecule has 7 heteroatoms. The molecule has 0 aliphatic heterocycles. The Morgan fingerprint density at radius 2 is 1.81 bits per heavy atom. The van der Waals surface area contributed by atoms with Crippen molar-refractivity contribution >= 4 is 16.8 Å². The molecule has 7 nitrogen and oxygen atoms in total. The maximum absolute atomic E-state index is 12.3. The second-order valence-electron chi connectivity index (χ2n) is 5.64. The molecule has 2 N–H and O–H groups in total. The highest BCUT2D eigenvalue weighted by atomic mass is 16.5. The zero-order valence-corrected chi connectivity index (χ0v) is 14.5. The number of hydrogen-bond donors (Lipinski definition) is 2. The van der Waals surface area contributed by atoms with Crippen LogP contribution < -0.4 is 20.3 Å². The van der Waals surface area contributed by atoms with Crippen molar-refractivity contribution in [2.45, 2.75) is 6.42 Å². The van der Waals surface area contributed by atoms with Crippen LogP contribution in [0.15, 0.2) is 47.3 Å². The highest BCUT2D eigenvalue weighted by molar-refractivity contribution is 5.95. The Balaban J connectivity index is 1.68. The van der Waals surface area contributed by atoms with E-state index in [1.807, 2.05) is 6.07 Å². The van der Waals surface area contributed by atoms with Gasteiger partial charge in [0.15, 0.2) is 0 Å². The van der Waals surface area contributed by atoms with Gasteiger partial charge in [-0.3, -0.25) is 9.59 Å². The first-order valence-corrected chi connectivity index (χ1v) is 8.10. The van der Waals surface area contributed by atoms with E-state index < -0.39 is 0 Å². The van der Waals surface area contributed by atoms with Crippen LogP contribution >= 0.6 is 0 Å². The smallest absolute Gasteiger partial charge is 0.258 e. The van der Waals surface area contributed by atoms with Crippen molar-refractivity contribution < 1.29 is 14.3 Å². The number of aromatic amines is 1. The van der Waals surface area contributed by atoms with Crippen LogP contribution in [-0.4, -0.2) is 36.6 Å². The topological polar surface area (TPSA) is 93.3 Å². The molecule has 3 aromatic rings. The van der Waals surface area contributed by atoms with Gasteiger partial charge >= 0.3 is 0 Å². The summed E-state index contributed by atoms with van der Waals surface area (Å²) in [5.74, 6) is 1.34. The zero-order valence-electron chi connectivity index (χ0n) is 14.5. The van der Waals surface area contributed by atoms with Crippen LogP contribution in [0, 0.1) is 0 Å². The van der Waals surface area contributed by atoms with Crippen molar-refractivity contribution in [2.75, 3.05) is 20.8 Å². The number of carbonyl (C=O) groups is 1. The van der Waals surface area contributed by atoms with Gasteiger partial charge in [-0.25, -0.2) is 4.98 Å². The highest BCUT2D eigenvalue weighted by Gasteiger charge is 2.10. The second-order valence-corrected chi connectivity index (χ2v) is 5.64. The van der Waals surface area contributed by atoms with Gasteiger partial charge in [0.05, 0.1) is 25.1 Å². The number of methoxy groups -OCH3 is 2. The number of rotatable bonds is 6. The van der Waals surface area contributed by atoms with Gasteiger partial charge in [-0.15, -0.1) is 0 Å². The van der Waals surface area contributed by atoms with Gasteiger partial charge < -0.3 is 19.8 Å². The van der Waals surface area contributed by atoms with Crippen LogP contribution in [0.1, 0.15) is 16.2 Å². The van der Waals surface area contributed by atoms with E-state index in [0.29, 0.717) is 46.8 Å². The lowest BCUT2D eigenvalue weighted by Gasteiger charge is -2.09. The summed E-state index contributed by atoms with van der Waals surface area (Å²) >= 11 is 0. The van der Waals surface area contributed by atoms with Crippen LogP contribution in [0.5, 0.6) is 11.5 Å². The van der Waals surface area contributed by atoms with Crippen LogP contribution in [0.2, 0.25) is 0 Å². The molecule has 0 atom stereocenters. The number of nitrogens with one attached hydrogen (secondary N) is 2. The van der Waals surface area contributed by atoms with Gasteiger partial charge in [0.1, 0.15) is 17.3 Å². The number of H-pyrrole nitrogens is 1. The highest BCUT2D eigenvalue weighted by Crippen LogP contribution is 2.22. The van der Waals surface area contributed by atoms with Crippen LogP contribution in [-0.2, 0) is 6.42 Å². The maximum atomic E-state index is 12.3. The van der Waals surface area contributed by atoms with E-state index in [1.165, 1.54) is 14.2 Å². The number of para-hydroxylation sites is 1. The third-order valence-corrected chi connectivity index (χ3v) is 3.92. The number of benzene rings is 2. The minimum absolute atomic E-state index is 0.186. The minimum Gasteiger partial charge on any atom is -0.497 e. The lowest BCUT2D eigenvalue weighted by Crippen LogP contribution is -2.27. The second kappa shape index (κ2) is 7.69. The van der Waals surface area contributed by atoms with Gasteiger partial charge in [0.2, 0.25) is 0 Å². The van der Waals surface area contributed by atoms with Gasteiger partial charge in [-0.2, -0.15) is 0 Å². The van der Waals surface area contributed by atoms with Crippen molar-refractivity contribution in [3.8, 4) is 11.5 Å². The summed E-state index contributed by atoms with van der Waals surface area (Å²) in [5.41, 5.74) is 0.880. The molecule has 0 spiro atoms. The SMILES string of the molecule is COc1cc(OC)cc(C(=O)NCCc2nc3ccccc3c(=O)[nH]2)c1. The average molecular weight is 353 g/mol. The quantitative estimate of drug-likeness (QED) is 0.706. The standard InChI is InChI=1S/C19H19N3O4/c1-25-13-9-12(10-14(11-13)26-2)18(23)20-8-7-17-21-16-6-4-3-5-15(16)19(24)22-17/h3-6,9-11H,7-8H2,1-2H3,(H,20,23)(H,21,22,24). The van der Waals surface area contributed by atoms with E-state index >= 15 is 0 Å². The Labute approximate surface area is 150 Å². The van der Waals surface area contributed by atoms with Gasteiger partial charge in [0.25, 0.3) is 11.5 Å². The molecule has 1 aromatic heterocycles. The summed E-state index contributed by atoms with van der Waals surface area (Å²) in [6.45, 7) is 0.333. The van der Waals surface area contributed by atoms with E-state index in [1.54, 1.807) is 36.4 Å². The number of fused-ring (bicyclic) bond motifs is 1. The van der Waals surface area contributed by atoms with E-state index in [0.717, 1.165) is 0 Å². The fraction of sp³-hybridized carbons (Fsp3) is 0.211. The fourth-order valence-corrected chi connectivity index (χ4v) is 2.59. The van der Waals surface area contributed by atoms with Crippen molar-refractivity contribution in [2.24, 2.45) is 0 Å². The number of aromatic nitrogens is 2. The third-order valence-electron chi connectivity index (χ3n) is 3.92. The largest absolute Gasteiger partial charge is 0.497 e. The number of ether oxygens (including phenoxy) is 2. The lowest BCUT2D eigenvalue weighted by atomic mass is 10.2. The first kappa shape index (κ1) is 17.5. The molecule has 2 aromatic carbocycles. The summed E-state index contributed by atoms with van der Waals surface area (Å²) < 4.78 is 10.3. The zero-order chi connectivity index (χ0) is 18.5. The monoisotopic (exact) mass is 353 g/mol. The molecule has 3 rings (SSSR count). The molecule has 0 aliphatic rings. The number of hydrogen-bond acceptors (Lipinski definition) is 5. The molecular formula is C19H19N3O4. The Kier molecular flexibility index (Phi) is 5.17. The molecule has 0 bridgehead atoms. The van der Waals surface area contributed by atoms with Crippen molar-refractivity contribution in [3.05, 3.63) is 64.2 Å². The summed E-state index contributed by atoms with van der Waals surface area (Å²) in [7, 11) is 3.05. The van der Waals surface area contributed by atoms with Crippen LogP contribution in [0.3, 0.4) is 0 Å². The molecule has 0 unspecified atom stereocenters.